The number of aryl methyl sites for hydroxylation is 1. The van der Waals surface area contributed by atoms with Crippen molar-refractivity contribution >= 4 is 11.2 Å². The Morgan fingerprint density at radius 2 is 1.73 bits per heavy atom. The largest absolute Gasteiger partial charge is 0.317 e. The minimum atomic E-state index is -0.118. The molecule has 1 saturated heterocycles. The molecule has 0 aromatic carbocycles. The van der Waals surface area contributed by atoms with Crippen LogP contribution in [0, 0.1) is 0 Å². The normalized spacial score (nSPS) is 20.4. The van der Waals surface area contributed by atoms with Gasteiger partial charge in [0, 0.05) is 30.4 Å². The summed E-state index contributed by atoms with van der Waals surface area (Å²) < 4.78 is 1.82. The van der Waals surface area contributed by atoms with Gasteiger partial charge in [-0.25, -0.2) is 4.98 Å². The average Bonchev–Trinajstić information content (AvgIpc) is 3.12. The van der Waals surface area contributed by atoms with Crippen molar-refractivity contribution in [2.24, 2.45) is 0 Å². The fourth-order valence-electron chi connectivity index (χ4n) is 4.30. The number of pyridine rings is 1. The molecule has 1 N–H and O–H groups in total. The zero-order chi connectivity index (χ0) is 17.5. The van der Waals surface area contributed by atoms with Crippen LogP contribution in [0.1, 0.15) is 48.2 Å². The lowest BCUT2D eigenvalue weighted by Gasteiger charge is -2.24. The van der Waals surface area contributed by atoms with Crippen LogP contribution in [0.5, 0.6) is 0 Å². The molecule has 7 nitrogen and oxygen atoms in total. The molecule has 0 saturated carbocycles. The maximum atomic E-state index is 13.5. The molecule has 1 fully saturated rings. The molecule has 1 atom stereocenters. The zero-order valence-corrected chi connectivity index (χ0v) is 14.4. The van der Waals surface area contributed by atoms with E-state index in [1.54, 1.807) is 24.8 Å². The Labute approximate surface area is 150 Å². The number of fused-ring (bicyclic) bond motifs is 2. The molecule has 1 aliphatic heterocycles. The Hall–Kier alpha value is -2.67. The van der Waals surface area contributed by atoms with E-state index in [2.05, 4.69) is 25.3 Å². The molecule has 3 aromatic rings. The number of hydrogen-bond acceptors (Lipinski definition) is 6. The summed E-state index contributed by atoms with van der Waals surface area (Å²) in [6, 6.07) is 1.83. The Morgan fingerprint density at radius 3 is 2.62 bits per heavy atom. The summed E-state index contributed by atoms with van der Waals surface area (Å²) in [6.07, 6.45) is 10.4. The number of hydrogen-bond donors (Lipinski definition) is 1. The van der Waals surface area contributed by atoms with Crippen LogP contribution in [-0.4, -0.2) is 37.6 Å². The molecular weight excluding hydrogens is 328 g/mol. The minimum absolute atomic E-state index is 0.0494. The number of nitrogens with one attached hydrogen (secondary N) is 1. The number of aromatic nitrogens is 5. The van der Waals surface area contributed by atoms with Gasteiger partial charge < -0.3 is 5.32 Å². The molecule has 7 heteroatoms. The highest BCUT2D eigenvalue weighted by Crippen LogP contribution is 2.33. The minimum Gasteiger partial charge on any atom is -0.317 e. The van der Waals surface area contributed by atoms with Crippen molar-refractivity contribution in [1.82, 2.24) is 29.8 Å². The molecule has 2 aliphatic rings. The van der Waals surface area contributed by atoms with Crippen molar-refractivity contribution in [3.63, 3.8) is 0 Å². The molecule has 4 heterocycles. The van der Waals surface area contributed by atoms with Crippen LogP contribution in [0.4, 0.5) is 0 Å². The Kier molecular flexibility index (Phi) is 3.74. The van der Waals surface area contributed by atoms with Crippen molar-refractivity contribution in [3.8, 4) is 0 Å². The van der Waals surface area contributed by atoms with Crippen molar-refractivity contribution in [1.29, 1.82) is 0 Å². The monoisotopic (exact) mass is 348 g/mol. The third-order valence-corrected chi connectivity index (χ3v) is 5.56. The Morgan fingerprint density at radius 1 is 0.962 bits per heavy atom. The highest BCUT2D eigenvalue weighted by Gasteiger charge is 2.31. The van der Waals surface area contributed by atoms with E-state index in [0.29, 0.717) is 5.65 Å². The van der Waals surface area contributed by atoms with Gasteiger partial charge in [0.05, 0.1) is 17.4 Å². The molecule has 0 amide bonds. The summed E-state index contributed by atoms with van der Waals surface area (Å²) in [5, 5.41) is 3.37. The summed E-state index contributed by atoms with van der Waals surface area (Å²) in [4.78, 5) is 31.4. The van der Waals surface area contributed by atoms with E-state index in [1.165, 1.54) is 0 Å². The van der Waals surface area contributed by atoms with Gasteiger partial charge in [-0.1, -0.05) is 0 Å². The van der Waals surface area contributed by atoms with Crippen molar-refractivity contribution in [2.45, 2.75) is 37.6 Å². The van der Waals surface area contributed by atoms with E-state index >= 15 is 0 Å². The van der Waals surface area contributed by atoms with Crippen LogP contribution in [-0.2, 0) is 6.42 Å². The second kappa shape index (κ2) is 6.25. The predicted octanol–water partition coefficient (Wildman–Crippen LogP) is 1.58. The summed E-state index contributed by atoms with van der Waals surface area (Å²) in [5.41, 5.74) is 4.19. The van der Waals surface area contributed by atoms with Crippen molar-refractivity contribution < 1.29 is 0 Å². The van der Waals surface area contributed by atoms with Crippen LogP contribution in [0.3, 0.4) is 0 Å². The maximum Gasteiger partial charge on any atom is 0.256 e. The van der Waals surface area contributed by atoms with Gasteiger partial charge >= 0.3 is 0 Å². The Balaban J connectivity index is 1.74. The SMILES string of the molecule is O=c1c(C2CCNCC2)cc2nccnc2n1C1CCc2nccnc21. The van der Waals surface area contributed by atoms with Crippen LogP contribution < -0.4 is 10.9 Å². The van der Waals surface area contributed by atoms with Crippen LogP contribution in [0.25, 0.3) is 11.2 Å². The van der Waals surface area contributed by atoms with Gasteiger partial charge in [0.25, 0.3) is 5.56 Å². The number of piperidine rings is 1. The lowest BCUT2D eigenvalue weighted by molar-refractivity contribution is 0.452. The Bertz CT molecular complexity index is 1020. The van der Waals surface area contributed by atoms with Gasteiger partial charge in [-0.05, 0) is 50.8 Å². The van der Waals surface area contributed by atoms with E-state index in [0.717, 1.165) is 61.2 Å². The second-order valence-corrected chi connectivity index (χ2v) is 7.01. The first-order valence-electron chi connectivity index (χ1n) is 9.19. The summed E-state index contributed by atoms with van der Waals surface area (Å²) in [5.74, 6) is 0.268. The summed E-state index contributed by atoms with van der Waals surface area (Å²) >= 11 is 0. The van der Waals surface area contributed by atoms with Gasteiger partial charge in [0.1, 0.15) is 5.52 Å². The van der Waals surface area contributed by atoms with Gasteiger partial charge in [0.2, 0.25) is 0 Å². The molecule has 0 spiro atoms. The molecular formula is C19H20N6O. The third kappa shape index (κ3) is 2.42. The maximum absolute atomic E-state index is 13.5. The molecule has 5 rings (SSSR count). The first-order chi connectivity index (χ1) is 12.8. The standard InChI is InChI=1S/C19H20N6O/c26-19-13(12-3-5-20-6-4-12)11-15-18(24-10-8-22-15)25(19)16-2-1-14-17(16)23-9-7-21-14/h7-12,16,20H,1-6H2. The van der Waals surface area contributed by atoms with Crippen molar-refractivity contribution in [2.75, 3.05) is 13.1 Å². The lowest BCUT2D eigenvalue weighted by atomic mass is 9.90. The van der Waals surface area contributed by atoms with E-state index in [1.807, 2.05) is 10.6 Å². The van der Waals surface area contributed by atoms with Gasteiger partial charge in [-0.3, -0.25) is 24.3 Å². The van der Waals surface area contributed by atoms with Crippen LogP contribution in [0.15, 0.2) is 35.6 Å². The first-order valence-corrected chi connectivity index (χ1v) is 9.19. The topological polar surface area (TPSA) is 85.6 Å². The highest BCUT2D eigenvalue weighted by atomic mass is 16.1. The fraction of sp³-hybridized carbons (Fsp3) is 0.421. The predicted molar refractivity (Wildman–Crippen MR) is 97.1 cm³/mol. The van der Waals surface area contributed by atoms with Crippen molar-refractivity contribution in [3.05, 3.63) is 58.2 Å². The number of rotatable bonds is 2. The third-order valence-electron chi connectivity index (χ3n) is 5.56. The van der Waals surface area contributed by atoms with Crippen LogP contribution >= 0.6 is 0 Å². The smallest absolute Gasteiger partial charge is 0.256 e. The quantitative estimate of drug-likeness (QED) is 0.757. The van der Waals surface area contributed by atoms with Gasteiger partial charge in [0.15, 0.2) is 5.65 Å². The first kappa shape index (κ1) is 15.6. The molecule has 3 aromatic heterocycles. The number of nitrogens with zero attached hydrogens (tertiary/aromatic N) is 5. The molecule has 1 aliphatic carbocycles. The fourth-order valence-corrected chi connectivity index (χ4v) is 4.30. The zero-order valence-electron chi connectivity index (χ0n) is 14.4. The second-order valence-electron chi connectivity index (χ2n) is 7.01. The molecule has 1 unspecified atom stereocenters. The van der Waals surface area contributed by atoms with E-state index in [9.17, 15) is 4.79 Å². The van der Waals surface area contributed by atoms with E-state index in [4.69, 9.17) is 0 Å². The van der Waals surface area contributed by atoms with Crippen LogP contribution in [0.2, 0.25) is 0 Å². The van der Waals surface area contributed by atoms with Gasteiger partial charge in [-0.15, -0.1) is 0 Å². The average molecular weight is 348 g/mol. The van der Waals surface area contributed by atoms with E-state index < -0.39 is 0 Å². The van der Waals surface area contributed by atoms with Gasteiger partial charge in [-0.2, -0.15) is 0 Å². The summed E-state index contributed by atoms with van der Waals surface area (Å²) in [6.45, 7) is 1.89. The molecule has 0 bridgehead atoms. The lowest BCUT2D eigenvalue weighted by Crippen LogP contribution is -2.34. The molecule has 26 heavy (non-hydrogen) atoms. The summed E-state index contributed by atoms with van der Waals surface area (Å²) in [7, 11) is 0. The highest BCUT2D eigenvalue weighted by molar-refractivity contribution is 5.71. The van der Waals surface area contributed by atoms with E-state index in [-0.39, 0.29) is 17.5 Å². The molecule has 0 radical (unpaired) electrons. The molecule has 132 valence electrons.